The van der Waals surface area contributed by atoms with E-state index in [9.17, 15) is 9.59 Å². The van der Waals surface area contributed by atoms with Gasteiger partial charge < -0.3 is 0 Å². The number of rotatable bonds is 4. The van der Waals surface area contributed by atoms with E-state index in [1.807, 2.05) is 6.92 Å². The second-order valence-corrected chi connectivity index (χ2v) is 1.69. The Morgan fingerprint density at radius 3 is 2.44 bits per heavy atom. The van der Waals surface area contributed by atoms with Gasteiger partial charge in [-0.05, 0) is 6.42 Å². The number of unbranched alkanes of at least 4 members (excludes halogenated alkanes) is 1. The molecule has 52 valence electrons. The maximum Gasteiger partial charge on any atom is 0.195 e. The van der Waals surface area contributed by atoms with Crippen molar-refractivity contribution in [3.63, 3.8) is 0 Å². The molecule has 0 aromatic carbocycles. The molecule has 9 heavy (non-hydrogen) atoms. The molecule has 0 aliphatic heterocycles. The molecule has 0 aromatic rings. The Morgan fingerprint density at radius 1 is 1.56 bits per heavy atom. The van der Waals surface area contributed by atoms with E-state index in [2.05, 4.69) is 0 Å². The molecule has 3 heteroatoms. The van der Waals surface area contributed by atoms with Gasteiger partial charge in [0, 0.05) is 6.42 Å². The summed E-state index contributed by atoms with van der Waals surface area (Å²) in [6.45, 7) is 1.98. The van der Waals surface area contributed by atoms with Gasteiger partial charge in [-0.1, -0.05) is 13.3 Å². The lowest BCUT2D eigenvalue weighted by Crippen LogP contribution is -1.96. The summed E-state index contributed by atoms with van der Waals surface area (Å²) in [5.41, 5.74) is 0. The van der Waals surface area contributed by atoms with Crippen molar-refractivity contribution in [2.75, 3.05) is 0 Å². The lowest BCUT2D eigenvalue weighted by molar-refractivity contribution is -0.129. The van der Waals surface area contributed by atoms with E-state index < -0.39 is 0 Å². The molecule has 0 unspecified atom stereocenters. The van der Waals surface area contributed by atoms with E-state index >= 15 is 0 Å². The molecule has 2 nitrogen and oxygen atoms in total. The molecule has 0 saturated carbocycles. The van der Waals surface area contributed by atoms with Crippen LogP contribution in [0.2, 0.25) is 0 Å². The van der Waals surface area contributed by atoms with Gasteiger partial charge in [-0.3, -0.25) is 9.59 Å². The van der Waals surface area contributed by atoms with Crippen molar-refractivity contribution in [2.24, 2.45) is 0 Å². The first kappa shape index (κ1) is 11.6. The molecular formula is C6H13AlO2. The van der Waals surface area contributed by atoms with Crippen molar-refractivity contribution in [3.05, 3.63) is 0 Å². The summed E-state index contributed by atoms with van der Waals surface area (Å²) in [6, 6.07) is 0. The highest BCUT2D eigenvalue weighted by Crippen LogP contribution is 1.91. The fraction of sp³-hybridized carbons (Fsp3) is 0.667. The minimum atomic E-state index is -0.285. The predicted octanol–water partition coefficient (Wildman–Crippen LogP) is -0.239. The summed E-state index contributed by atoms with van der Waals surface area (Å²) in [6.07, 6.45) is 2.60. The van der Waals surface area contributed by atoms with E-state index in [1.54, 1.807) is 0 Å². The maximum absolute atomic E-state index is 10.2. The van der Waals surface area contributed by atoms with E-state index in [1.165, 1.54) is 0 Å². The number of carbonyl (C=O) groups is 2. The van der Waals surface area contributed by atoms with Crippen molar-refractivity contribution in [2.45, 2.75) is 26.2 Å². The van der Waals surface area contributed by atoms with Gasteiger partial charge in [-0.2, -0.15) is 0 Å². The Balaban J connectivity index is 0. The summed E-state index contributed by atoms with van der Waals surface area (Å²) >= 11 is 0. The van der Waals surface area contributed by atoms with Gasteiger partial charge in [0.25, 0.3) is 0 Å². The quantitative estimate of drug-likeness (QED) is 0.310. The van der Waals surface area contributed by atoms with Gasteiger partial charge in [0.1, 0.15) is 0 Å². The number of carbonyl (C=O) groups excluding carboxylic acids is 2. The average Bonchev–Trinajstić information content (AvgIpc) is 1.83. The number of ketones is 1. The molecule has 0 saturated heterocycles. The topological polar surface area (TPSA) is 34.1 Å². The van der Waals surface area contributed by atoms with E-state index in [4.69, 9.17) is 0 Å². The standard InChI is InChI=1S/C6H10O2.Al.3H/c1-2-3-4-6(8)5-7;;;;/h5H,2-4H2,1H3;;;;. The third-order valence-electron chi connectivity index (χ3n) is 0.908. The largest absolute Gasteiger partial charge is 0.295 e. The third kappa shape index (κ3) is 7.87. The molecule has 0 atom stereocenters. The van der Waals surface area contributed by atoms with Gasteiger partial charge in [0.2, 0.25) is 0 Å². The Kier molecular flexibility index (Phi) is 10.2. The van der Waals surface area contributed by atoms with Gasteiger partial charge in [-0.15, -0.1) is 0 Å². The van der Waals surface area contributed by atoms with Crippen LogP contribution in [0.3, 0.4) is 0 Å². The monoisotopic (exact) mass is 144 g/mol. The zero-order chi connectivity index (χ0) is 6.41. The first-order valence-electron chi connectivity index (χ1n) is 2.79. The lowest BCUT2D eigenvalue weighted by atomic mass is 10.2. The molecule has 0 aliphatic rings. The van der Waals surface area contributed by atoms with Crippen LogP contribution in [-0.2, 0) is 9.59 Å². The Bertz CT molecular complexity index is 91.1. The molecule has 0 rings (SSSR count). The second-order valence-electron chi connectivity index (χ2n) is 1.69. The van der Waals surface area contributed by atoms with E-state index in [0.29, 0.717) is 12.7 Å². The smallest absolute Gasteiger partial charge is 0.195 e. The summed E-state index contributed by atoms with van der Waals surface area (Å²) in [5.74, 6) is -0.285. The highest BCUT2D eigenvalue weighted by Gasteiger charge is 1.94. The van der Waals surface area contributed by atoms with Crippen LogP contribution in [0, 0.1) is 0 Å². The maximum atomic E-state index is 10.2. The molecule has 0 spiro atoms. The van der Waals surface area contributed by atoms with Gasteiger partial charge in [0.15, 0.2) is 29.4 Å². The fourth-order valence-corrected chi connectivity index (χ4v) is 0.410. The Labute approximate surface area is 65.8 Å². The SMILES string of the molecule is CCCCC(=O)C=O.[AlH3]. The van der Waals surface area contributed by atoms with Crippen molar-refractivity contribution in [1.82, 2.24) is 0 Å². The van der Waals surface area contributed by atoms with Gasteiger partial charge >= 0.3 is 0 Å². The van der Waals surface area contributed by atoms with E-state index in [0.717, 1.165) is 12.8 Å². The van der Waals surface area contributed by atoms with E-state index in [-0.39, 0.29) is 23.1 Å². The van der Waals surface area contributed by atoms with Crippen LogP contribution in [0.5, 0.6) is 0 Å². The minimum Gasteiger partial charge on any atom is -0.295 e. The molecule has 0 N–H and O–H groups in total. The second kappa shape index (κ2) is 7.87. The normalized spacial score (nSPS) is 7.67. The molecule has 0 amide bonds. The van der Waals surface area contributed by atoms with Gasteiger partial charge in [-0.25, -0.2) is 0 Å². The predicted molar refractivity (Wildman–Crippen MR) is 40.5 cm³/mol. The Morgan fingerprint density at radius 2 is 2.11 bits per heavy atom. The van der Waals surface area contributed by atoms with Crippen LogP contribution in [0.1, 0.15) is 26.2 Å². The Hall–Kier alpha value is -0.128. The molecule has 0 heterocycles. The van der Waals surface area contributed by atoms with Crippen molar-refractivity contribution in [3.8, 4) is 0 Å². The summed E-state index contributed by atoms with van der Waals surface area (Å²) in [7, 11) is 0. The fourth-order valence-electron chi connectivity index (χ4n) is 0.410. The van der Waals surface area contributed by atoms with Crippen LogP contribution in [0.4, 0.5) is 0 Å². The number of aldehydes is 1. The molecular weight excluding hydrogens is 131 g/mol. The summed E-state index contributed by atoms with van der Waals surface area (Å²) in [4.78, 5) is 19.9. The number of hydrogen-bond acceptors (Lipinski definition) is 2. The first-order valence-corrected chi connectivity index (χ1v) is 2.79. The summed E-state index contributed by atoms with van der Waals surface area (Å²) < 4.78 is 0. The molecule has 0 fully saturated rings. The summed E-state index contributed by atoms with van der Waals surface area (Å²) in [5, 5.41) is 0. The van der Waals surface area contributed by atoms with Crippen LogP contribution in [0.15, 0.2) is 0 Å². The average molecular weight is 144 g/mol. The molecule has 0 aromatic heterocycles. The molecule has 0 radical (unpaired) electrons. The van der Waals surface area contributed by atoms with Crippen molar-refractivity contribution < 1.29 is 9.59 Å². The lowest BCUT2D eigenvalue weighted by Gasteiger charge is -1.85. The zero-order valence-electron chi connectivity index (χ0n) is 5.02. The number of Topliss-reactive ketones (excluding diaryl/α,β-unsaturated/α-hetero) is 1. The van der Waals surface area contributed by atoms with Crippen LogP contribution in [0.25, 0.3) is 0 Å². The first-order chi connectivity index (χ1) is 3.81. The number of hydrogen-bond donors (Lipinski definition) is 0. The molecule has 0 bridgehead atoms. The molecule has 0 aliphatic carbocycles. The van der Waals surface area contributed by atoms with Crippen molar-refractivity contribution >= 4 is 29.4 Å². The van der Waals surface area contributed by atoms with Crippen molar-refractivity contribution in [1.29, 1.82) is 0 Å². The highest BCUT2D eigenvalue weighted by molar-refractivity contribution is 6.24. The highest BCUT2D eigenvalue weighted by atomic mass is 27.0. The van der Waals surface area contributed by atoms with Crippen LogP contribution >= 0.6 is 0 Å². The van der Waals surface area contributed by atoms with Crippen LogP contribution < -0.4 is 0 Å². The minimum absolute atomic E-state index is 0. The third-order valence-corrected chi connectivity index (χ3v) is 0.908. The van der Waals surface area contributed by atoms with Gasteiger partial charge in [0.05, 0.1) is 0 Å². The zero-order valence-corrected chi connectivity index (χ0v) is 5.02. The van der Waals surface area contributed by atoms with Crippen LogP contribution in [-0.4, -0.2) is 29.4 Å².